The maximum atomic E-state index is 12.9. The molecule has 0 aliphatic carbocycles. The van der Waals surface area contributed by atoms with Crippen LogP contribution >= 0.6 is 23.1 Å². The van der Waals surface area contributed by atoms with Gasteiger partial charge in [0.25, 0.3) is 11.1 Å². The Morgan fingerprint density at radius 3 is 2.40 bits per heavy atom. The largest absolute Gasteiger partial charge is 0.462 e. The van der Waals surface area contributed by atoms with Crippen molar-refractivity contribution < 1.29 is 19.1 Å². The Kier molecular flexibility index (Phi) is 5.87. The number of esters is 1. The predicted molar refractivity (Wildman–Crippen MR) is 120 cm³/mol. The van der Waals surface area contributed by atoms with E-state index in [0.717, 1.165) is 27.8 Å². The molecule has 2 amide bonds. The molecular weight excluding hydrogens is 420 g/mol. The molecule has 0 bridgehead atoms. The lowest BCUT2D eigenvalue weighted by Crippen LogP contribution is -2.34. The first kappa shape index (κ1) is 20.2. The molecule has 30 heavy (non-hydrogen) atoms. The topological polar surface area (TPSA) is 75.7 Å². The average Bonchev–Trinajstić information content (AvgIpc) is 3.30. The van der Waals surface area contributed by atoms with Gasteiger partial charge in [-0.25, -0.2) is 9.69 Å². The van der Waals surface area contributed by atoms with Crippen LogP contribution in [0.5, 0.6) is 0 Å². The van der Waals surface area contributed by atoms with Crippen LogP contribution in [0.1, 0.15) is 17.3 Å². The normalized spacial score (nSPS) is 16.0. The fourth-order valence-electron chi connectivity index (χ4n) is 3.13. The number of anilines is 2. The molecule has 6 nitrogen and oxygen atoms in total. The molecule has 4 rings (SSSR count). The van der Waals surface area contributed by atoms with Gasteiger partial charge in [-0.1, -0.05) is 48.5 Å². The van der Waals surface area contributed by atoms with Crippen molar-refractivity contribution in [3.63, 3.8) is 0 Å². The number of carbonyl (C=O) groups is 3. The minimum Gasteiger partial charge on any atom is -0.462 e. The summed E-state index contributed by atoms with van der Waals surface area (Å²) in [7, 11) is 0. The Morgan fingerprint density at radius 1 is 1.07 bits per heavy atom. The third-order valence-corrected chi connectivity index (χ3v) is 6.33. The van der Waals surface area contributed by atoms with Crippen molar-refractivity contribution in [3.8, 4) is 11.1 Å². The van der Waals surface area contributed by atoms with Gasteiger partial charge in [-0.3, -0.25) is 9.59 Å². The van der Waals surface area contributed by atoms with E-state index >= 15 is 0 Å². The van der Waals surface area contributed by atoms with Gasteiger partial charge >= 0.3 is 5.97 Å². The third kappa shape index (κ3) is 3.83. The number of nitrogens with zero attached hydrogens (tertiary/aromatic N) is 1. The second kappa shape index (κ2) is 8.73. The van der Waals surface area contributed by atoms with Gasteiger partial charge in [0.1, 0.15) is 10.6 Å². The minimum atomic E-state index is -0.826. The summed E-state index contributed by atoms with van der Waals surface area (Å²) < 4.78 is 5.25. The number of para-hydroxylation sites is 1. The molecule has 152 valence electrons. The molecule has 0 radical (unpaired) electrons. The number of thiophene rings is 1. The van der Waals surface area contributed by atoms with Crippen LogP contribution in [0.4, 0.5) is 15.5 Å². The number of imide groups is 1. The SMILES string of the molecule is CCOC(=O)c1c(-c2ccccc2)csc1N[C@H]1SC(=O)N(c2ccccc2)C1=O. The summed E-state index contributed by atoms with van der Waals surface area (Å²) in [6, 6.07) is 18.3. The summed E-state index contributed by atoms with van der Waals surface area (Å²) in [5.74, 6) is -0.845. The number of amides is 2. The van der Waals surface area contributed by atoms with Crippen LogP contribution in [0, 0.1) is 0 Å². The van der Waals surface area contributed by atoms with Crippen molar-refractivity contribution >= 4 is 50.9 Å². The quantitative estimate of drug-likeness (QED) is 0.531. The van der Waals surface area contributed by atoms with E-state index in [1.165, 1.54) is 11.3 Å². The van der Waals surface area contributed by atoms with Crippen LogP contribution in [0.2, 0.25) is 0 Å². The summed E-state index contributed by atoms with van der Waals surface area (Å²) in [6.45, 7) is 1.98. The van der Waals surface area contributed by atoms with E-state index in [0.29, 0.717) is 16.3 Å². The lowest BCUT2D eigenvalue weighted by Gasteiger charge is -2.15. The summed E-state index contributed by atoms with van der Waals surface area (Å²) >= 11 is 2.20. The van der Waals surface area contributed by atoms with Gasteiger partial charge in [-0.15, -0.1) is 11.3 Å². The summed E-state index contributed by atoms with van der Waals surface area (Å²) in [5, 5.41) is 4.25. The van der Waals surface area contributed by atoms with Crippen molar-refractivity contribution in [2.75, 3.05) is 16.8 Å². The smallest absolute Gasteiger partial charge is 0.341 e. The fourth-order valence-corrected chi connectivity index (χ4v) is 5.08. The lowest BCUT2D eigenvalue weighted by atomic mass is 10.0. The fraction of sp³-hybridized carbons (Fsp3) is 0.136. The van der Waals surface area contributed by atoms with E-state index in [9.17, 15) is 14.4 Å². The van der Waals surface area contributed by atoms with Crippen molar-refractivity contribution in [1.82, 2.24) is 0 Å². The first-order valence-electron chi connectivity index (χ1n) is 9.30. The molecule has 0 unspecified atom stereocenters. The number of rotatable bonds is 6. The average molecular weight is 439 g/mol. The van der Waals surface area contributed by atoms with Crippen molar-refractivity contribution in [3.05, 3.63) is 71.6 Å². The Labute approximate surface area is 181 Å². The number of nitrogens with one attached hydrogen (secondary N) is 1. The highest BCUT2D eigenvalue weighted by Gasteiger charge is 2.41. The minimum absolute atomic E-state index is 0.236. The Bertz CT molecular complexity index is 1080. The molecule has 1 aromatic heterocycles. The molecule has 1 N–H and O–H groups in total. The zero-order chi connectivity index (χ0) is 21.1. The predicted octanol–water partition coefficient (Wildman–Crippen LogP) is 5.23. The lowest BCUT2D eigenvalue weighted by molar-refractivity contribution is -0.116. The molecule has 0 spiro atoms. The van der Waals surface area contributed by atoms with Crippen molar-refractivity contribution in [2.24, 2.45) is 0 Å². The van der Waals surface area contributed by atoms with Crippen LogP contribution in [0.25, 0.3) is 11.1 Å². The first-order chi connectivity index (χ1) is 14.6. The van der Waals surface area contributed by atoms with E-state index in [-0.39, 0.29) is 17.8 Å². The molecule has 3 aromatic rings. The second-order valence-corrected chi connectivity index (χ2v) is 8.29. The van der Waals surface area contributed by atoms with Gasteiger partial charge in [-0.2, -0.15) is 0 Å². The number of ether oxygens (including phenoxy) is 1. The van der Waals surface area contributed by atoms with E-state index in [1.807, 2.05) is 41.8 Å². The number of hydrogen-bond donors (Lipinski definition) is 1. The molecule has 1 aliphatic rings. The van der Waals surface area contributed by atoms with Gasteiger partial charge < -0.3 is 10.1 Å². The maximum Gasteiger partial charge on any atom is 0.341 e. The number of carbonyl (C=O) groups excluding carboxylic acids is 3. The highest BCUT2D eigenvalue weighted by Crippen LogP contribution is 2.39. The van der Waals surface area contributed by atoms with E-state index < -0.39 is 11.3 Å². The van der Waals surface area contributed by atoms with Crippen LogP contribution in [-0.2, 0) is 9.53 Å². The summed E-state index contributed by atoms with van der Waals surface area (Å²) in [4.78, 5) is 39.2. The number of benzene rings is 2. The molecule has 2 aromatic carbocycles. The molecule has 1 aliphatic heterocycles. The van der Waals surface area contributed by atoms with Crippen LogP contribution in [-0.4, -0.2) is 29.1 Å². The second-order valence-electron chi connectivity index (χ2n) is 6.36. The van der Waals surface area contributed by atoms with Crippen LogP contribution < -0.4 is 10.2 Å². The summed E-state index contributed by atoms with van der Waals surface area (Å²) in [6.07, 6.45) is 0. The van der Waals surface area contributed by atoms with Crippen LogP contribution in [0.3, 0.4) is 0 Å². The van der Waals surface area contributed by atoms with E-state index in [2.05, 4.69) is 5.32 Å². The number of hydrogen-bond acceptors (Lipinski definition) is 7. The third-order valence-electron chi connectivity index (χ3n) is 4.48. The highest BCUT2D eigenvalue weighted by atomic mass is 32.2. The van der Waals surface area contributed by atoms with E-state index in [4.69, 9.17) is 4.74 Å². The Morgan fingerprint density at radius 2 is 1.73 bits per heavy atom. The molecule has 8 heteroatoms. The molecular formula is C22H18N2O4S2. The van der Waals surface area contributed by atoms with Gasteiger partial charge in [0.2, 0.25) is 0 Å². The first-order valence-corrected chi connectivity index (χ1v) is 11.1. The van der Waals surface area contributed by atoms with Crippen molar-refractivity contribution in [2.45, 2.75) is 12.3 Å². The van der Waals surface area contributed by atoms with Gasteiger partial charge in [0, 0.05) is 10.9 Å². The molecule has 1 fully saturated rings. The maximum absolute atomic E-state index is 12.9. The molecule has 0 saturated carbocycles. The Hall–Kier alpha value is -3.10. The highest BCUT2D eigenvalue weighted by molar-refractivity contribution is 8.16. The molecule has 2 heterocycles. The van der Waals surface area contributed by atoms with Gasteiger partial charge in [-0.05, 0) is 36.4 Å². The standard InChI is InChI=1S/C22H18N2O4S2/c1-2-28-21(26)17-16(14-9-5-3-6-10-14)13-29-18(17)23-19-20(25)24(22(27)30-19)15-11-7-4-8-12-15/h3-13,19,23H,2H2,1H3/t19-/m0/s1. The van der Waals surface area contributed by atoms with Crippen LogP contribution in [0.15, 0.2) is 66.0 Å². The summed E-state index contributed by atoms with van der Waals surface area (Å²) in [5.41, 5.74) is 2.48. The van der Waals surface area contributed by atoms with Crippen molar-refractivity contribution in [1.29, 1.82) is 0 Å². The molecule has 1 atom stereocenters. The Balaban J connectivity index is 1.65. The van der Waals surface area contributed by atoms with Gasteiger partial charge in [0.15, 0.2) is 5.37 Å². The van der Waals surface area contributed by atoms with Gasteiger partial charge in [0.05, 0.1) is 12.3 Å². The van der Waals surface area contributed by atoms with E-state index in [1.54, 1.807) is 31.2 Å². The zero-order valence-electron chi connectivity index (χ0n) is 16.0. The monoisotopic (exact) mass is 438 g/mol. The molecule has 1 saturated heterocycles. The number of thioether (sulfide) groups is 1. The zero-order valence-corrected chi connectivity index (χ0v) is 17.7.